The summed E-state index contributed by atoms with van der Waals surface area (Å²) in [5, 5.41) is 9.32. The number of hydrogen-bond acceptors (Lipinski definition) is 2. The number of H-pyrrole nitrogens is 1. The summed E-state index contributed by atoms with van der Waals surface area (Å²) >= 11 is 0. The second-order valence-corrected chi connectivity index (χ2v) is 3.53. The van der Waals surface area contributed by atoms with Crippen LogP contribution >= 0.6 is 0 Å². The number of fused-ring (bicyclic) bond motifs is 1. The van der Waals surface area contributed by atoms with Crippen molar-refractivity contribution in [2.45, 2.75) is 12.5 Å². The van der Waals surface area contributed by atoms with E-state index in [2.05, 4.69) is 4.98 Å². The van der Waals surface area contributed by atoms with Gasteiger partial charge < -0.3 is 15.8 Å². The highest BCUT2D eigenvalue weighted by molar-refractivity contribution is 5.84. The van der Waals surface area contributed by atoms with Crippen LogP contribution in [0.5, 0.6) is 0 Å². The molecule has 1 atom stereocenters. The van der Waals surface area contributed by atoms with Crippen molar-refractivity contribution in [3.63, 3.8) is 0 Å². The van der Waals surface area contributed by atoms with Crippen LogP contribution in [0.4, 0.5) is 4.39 Å². The van der Waals surface area contributed by atoms with E-state index < -0.39 is 0 Å². The van der Waals surface area contributed by atoms with E-state index in [1.165, 1.54) is 6.07 Å². The Bertz CT molecular complexity index is 467. The Morgan fingerprint density at radius 1 is 1.47 bits per heavy atom. The largest absolute Gasteiger partial charge is 0.396 e. The zero-order valence-electron chi connectivity index (χ0n) is 8.20. The molecule has 0 spiro atoms. The molecule has 1 unspecified atom stereocenters. The summed E-state index contributed by atoms with van der Waals surface area (Å²) in [4.78, 5) is 2.97. The maximum atomic E-state index is 13.5. The van der Waals surface area contributed by atoms with Gasteiger partial charge in [0.05, 0.1) is 0 Å². The summed E-state index contributed by atoms with van der Waals surface area (Å²) in [5.74, 6) is -0.280. The quantitative estimate of drug-likeness (QED) is 0.718. The van der Waals surface area contributed by atoms with Gasteiger partial charge in [0.15, 0.2) is 0 Å². The zero-order chi connectivity index (χ0) is 10.8. The molecule has 4 N–H and O–H groups in total. The normalized spacial score (nSPS) is 13.3. The van der Waals surface area contributed by atoms with Gasteiger partial charge in [0.1, 0.15) is 5.82 Å². The summed E-state index contributed by atoms with van der Waals surface area (Å²) in [6, 6.07) is 4.52. The van der Waals surface area contributed by atoms with Gasteiger partial charge in [-0.3, -0.25) is 0 Å². The molecule has 4 heteroatoms. The first-order valence-electron chi connectivity index (χ1n) is 4.86. The van der Waals surface area contributed by atoms with Crippen LogP contribution in [0.25, 0.3) is 10.9 Å². The third-order valence-electron chi connectivity index (χ3n) is 2.53. The molecule has 0 saturated heterocycles. The Labute approximate surface area is 86.7 Å². The van der Waals surface area contributed by atoms with Crippen LogP contribution in [-0.2, 0) is 0 Å². The van der Waals surface area contributed by atoms with E-state index in [9.17, 15) is 4.39 Å². The van der Waals surface area contributed by atoms with Gasteiger partial charge in [0, 0.05) is 29.7 Å². The molecule has 2 rings (SSSR count). The molecule has 1 aromatic heterocycles. The summed E-state index contributed by atoms with van der Waals surface area (Å²) in [6.07, 6.45) is 2.13. The van der Waals surface area contributed by atoms with Crippen molar-refractivity contribution in [2.24, 2.45) is 5.73 Å². The molecule has 3 nitrogen and oxygen atoms in total. The van der Waals surface area contributed by atoms with Crippen molar-refractivity contribution in [1.82, 2.24) is 4.98 Å². The molecule has 0 bridgehead atoms. The standard InChI is InChI=1S/C11H13FN2O/c12-8-2-1-3-10-11(8)7(6-14-10)9(13)4-5-15/h1-3,6,9,14-15H,4-5,13H2. The summed E-state index contributed by atoms with van der Waals surface area (Å²) < 4.78 is 13.5. The van der Waals surface area contributed by atoms with E-state index in [1.54, 1.807) is 18.3 Å². The molecule has 1 aromatic carbocycles. The molecule has 0 radical (unpaired) electrons. The van der Waals surface area contributed by atoms with Gasteiger partial charge in [0.2, 0.25) is 0 Å². The maximum Gasteiger partial charge on any atom is 0.132 e. The minimum Gasteiger partial charge on any atom is -0.396 e. The minimum absolute atomic E-state index is 0.00227. The van der Waals surface area contributed by atoms with Crippen LogP contribution < -0.4 is 5.73 Å². The molecular formula is C11H13FN2O. The second-order valence-electron chi connectivity index (χ2n) is 3.53. The number of aliphatic hydroxyl groups excluding tert-OH is 1. The number of nitrogens with two attached hydrogens (primary N) is 1. The van der Waals surface area contributed by atoms with Crippen molar-refractivity contribution in [1.29, 1.82) is 0 Å². The first kappa shape index (κ1) is 10.1. The first-order valence-corrected chi connectivity index (χ1v) is 4.86. The average Bonchev–Trinajstić information content (AvgIpc) is 2.63. The third-order valence-corrected chi connectivity index (χ3v) is 2.53. The highest BCUT2D eigenvalue weighted by atomic mass is 19.1. The fraction of sp³-hybridized carbons (Fsp3) is 0.273. The molecule has 0 aliphatic carbocycles. The fourth-order valence-corrected chi connectivity index (χ4v) is 1.75. The van der Waals surface area contributed by atoms with E-state index in [1.807, 2.05) is 0 Å². The van der Waals surface area contributed by atoms with Crippen LogP contribution in [0.1, 0.15) is 18.0 Å². The molecule has 0 amide bonds. The molecule has 0 aliphatic rings. The topological polar surface area (TPSA) is 62.0 Å². The van der Waals surface area contributed by atoms with Crippen molar-refractivity contribution < 1.29 is 9.50 Å². The number of aromatic nitrogens is 1. The molecule has 2 aromatic rings. The summed E-state index contributed by atoms with van der Waals surface area (Å²) in [5.41, 5.74) is 7.29. The number of halogens is 1. The summed E-state index contributed by atoms with van der Waals surface area (Å²) in [6.45, 7) is 0.00227. The summed E-state index contributed by atoms with van der Waals surface area (Å²) in [7, 11) is 0. The number of hydrogen-bond donors (Lipinski definition) is 3. The fourth-order valence-electron chi connectivity index (χ4n) is 1.75. The maximum absolute atomic E-state index is 13.5. The van der Waals surface area contributed by atoms with Gasteiger partial charge in [0.25, 0.3) is 0 Å². The molecule has 0 saturated carbocycles. The number of aliphatic hydroxyl groups is 1. The number of rotatable bonds is 3. The molecule has 0 aliphatic heterocycles. The zero-order valence-corrected chi connectivity index (χ0v) is 8.20. The molecule has 15 heavy (non-hydrogen) atoms. The molecule has 80 valence electrons. The average molecular weight is 208 g/mol. The van der Waals surface area contributed by atoms with E-state index in [-0.39, 0.29) is 18.5 Å². The smallest absolute Gasteiger partial charge is 0.132 e. The SMILES string of the molecule is NC(CCO)c1c[nH]c2cccc(F)c12. The van der Waals surface area contributed by atoms with Gasteiger partial charge in [-0.15, -0.1) is 0 Å². The Hall–Kier alpha value is -1.39. The Morgan fingerprint density at radius 2 is 2.27 bits per heavy atom. The lowest BCUT2D eigenvalue weighted by Gasteiger charge is -2.08. The Kier molecular flexibility index (Phi) is 2.70. The van der Waals surface area contributed by atoms with Crippen molar-refractivity contribution in [3.8, 4) is 0 Å². The van der Waals surface area contributed by atoms with Crippen molar-refractivity contribution in [2.75, 3.05) is 6.61 Å². The van der Waals surface area contributed by atoms with E-state index in [4.69, 9.17) is 10.8 Å². The number of benzene rings is 1. The number of aromatic amines is 1. The molecule has 1 heterocycles. The second kappa shape index (κ2) is 4.00. The van der Waals surface area contributed by atoms with Gasteiger partial charge in [-0.1, -0.05) is 6.07 Å². The molecular weight excluding hydrogens is 195 g/mol. The lowest BCUT2D eigenvalue weighted by atomic mass is 10.0. The van der Waals surface area contributed by atoms with Gasteiger partial charge in [-0.25, -0.2) is 4.39 Å². The number of nitrogens with one attached hydrogen (secondary N) is 1. The highest BCUT2D eigenvalue weighted by Gasteiger charge is 2.13. The van der Waals surface area contributed by atoms with E-state index in [0.29, 0.717) is 11.8 Å². The monoisotopic (exact) mass is 208 g/mol. The lowest BCUT2D eigenvalue weighted by molar-refractivity contribution is 0.277. The van der Waals surface area contributed by atoms with Gasteiger partial charge >= 0.3 is 0 Å². The highest BCUT2D eigenvalue weighted by Crippen LogP contribution is 2.26. The van der Waals surface area contributed by atoms with E-state index >= 15 is 0 Å². The van der Waals surface area contributed by atoms with Gasteiger partial charge in [-0.2, -0.15) is 0 Å². The minimum atomic E-state index is -0.333. The van der Waals surface area contributed by atoms with Gasteiger partial charge in [-0.05, 0) is 24.1 Å². The first-order chi connectivity index (χ1) is 7.24. The predicted molar refractivity (Wildman–Crippen MR) is 56.9 cm³/mol. The van der Waals surface area contributed by atoms with Crippen molar-refractivity contribution >= 4 is 10.9 Å². The van der Waals surface area contributed by atoms with Crippen LogP contribution in [-0.4, -0.2) is 16.7 Å². The third kappa shape index (κ3) is 1.73. The Morgan fingerprint density at radius 3 is 3.00 bits per heavy atom. The van der Waals surface area contributed by atoms with Crippen LogP contribution in [0, 0.1) is 5.82 Å². The van der Waals surface area contributed by atoms with Crippen LogP contribution in [0.3, 0.4) is 0 Å². The van der Waals surface area contributed by atoms with Crippen molar-refractivity contribution in [3.05, 3.63) is 35.8 Å². The van der Waals surface area contributed by atoms with Crippen LogP contribution in [0.2, 0.25) is 0 Å². The Balaban J connectivity index is 2.52. The predicted octanol–water partition coefficient (Wildman–Crippen LogP) is 1.69. The van der Waals surface area contributed by atoms with E-state index in [0.717, 1.165) is 11.1 Å². The lowest BCUT2D eigenvalue weighted by Crippen LogP contribution is -2.11. The van der Waals surface area contributed by atoms with Crippen LogP contribution in [0.15, 0.2) is 24.4 Å². The molecule has 0 fully saturated rings.